The summed E-state index contributed by atoms with van der Waals surface area (Å²) in [5.74, 6) is 0. The van der Waals surface area contributed by atoms with Crippen LogP contribution < -0.4 is 5.32 Å². The van der Waals surface area contributed by atoms with E-state index >= 15 is 0 Å². The van der Waals surface area contributed by atoms with Gasteiger partial charge in [0.1, 0.15) is 0 Å². The summed E-state index contributed by atoms with van der Waals surface area (Å²) in [7, 11) is 2.07. The largest absolute Gasteiger partial charge is 0.319 e. The van der Waals surface area contributed by atoms with E-state index in [-0.39, 0.29) is 0 Å². The third kappa shape index (κ3) is 2.40. The Kier molecular flexibility index (Phi) is 3.42. The highest BCUT2D eigenvalue weighted by molar-refractivity contribution is 7.09. The first-order chi connectivity index (χ1) is 7.26. The number of aryl methyl sites for hydroxylation is 2. The fourth-order valence-corrected chi connectivity index (χ4v) is 3.29. The van der Waals surface area contributed by atoms with Gasteiger partial charge in [-0.25, -0.2) is 4.98 Å². The number of thiazole rings is 1. The van der Waals surface area contributed by atoms with Crippen molar-refractivity contribution < 1.29 is 0 Å². The van der Waals surface area contributed by atoms with Gasteiger partial charge in [-0.3, -0.25) is 0 Å². The van der Waals surface area contributed by atoms with Gasteiger partial charge in [0.2, 0.25) is 0 Å². The van der Waals surface area contributed by atoms with Gasteiger partial charge in [0.15, 0.2) is 0 Å². The molecule has 0 atom stereocenters. The van der Waals surface area contributed by atoms with Crippen molar-refractivity contribution in [3.05, 3.63) is 16.1 Å². The average Bonchev–Trinajstić information content (AvgIpc) is 2.56. The van der Waals surface area contributed by atoms with Crippen molar-refractivity contribution in [3.8, 4) is 0 Å². The van der Waals surface area contributed by atoms with Crippen LogP contribution >= 0.6 is 11.3 Å². The Morgan fingerprint density at radius 1 is 1.53 bits per heavy atom. The molecule has 84 valence electrons. The summed E-state index contributed by atoms with van der Waals surface area (Å²) in [6, 6.07) is 0. The molecule has 2 nitrogen and oxygen atoms in total. The van der Waals surface area contributed by atoms with Crippen molar-refractivity contribution >= 4 is 11.3 Å². The first-order valence-corrected chi connectivity index (χ1v) is 6.67. The summed E-state index contributed by atoms with van der Waals surface area (Å²) in [6.07, 6.45) is 6.79. The minimum atomic E-state index is 0.602. The van der Waals surface area contributed by atoms with Crippen molar-refractivity contribution in [1.82, 2.24) is 10.3 Å². The molecule has 0 amide bonds. The lowest BCUT2D eigenvalue weighted by molar-refractivity contribution is 0.121. The number of nitrogens with one attached hydrogen (secondary N) is 1. The molecule has 0 bridgehead atoms. The molecule has 1 N–H and O–H groups in total. The van der Waals surface area contributed by atoms with Crippen LogP contribution in [0.15, 0.2) is 5.51 Å². The highest BCUT2D eigenvalue weighted by atomic mass is 32.1. The molecule has 0 radical (unpaired) electrons. The molecule has 1 aliphatic rings. The SMILES string of the molecule is CNCC1(CCc2scnc2C)CCC1. The monoisotopic (exact) mass is 224 g/mol. The normalized spacial score (nSPS) is 18.8. The summed E-state index contributed by atoms with van der Waals surface area (Å²) in [4.78, 5) is 5.79. The molecule has 0 saturated heterocycles. The molecule has 1 aromatic heterocycles. The molecule has 0 unspecified atom stereocenters. The molecule has 3 heteroatoms. The maximum absolute atomic E-state index is 4.31. The molecule has 15 heavy (non-hydrogen) atoms. The van der Waals surface area contributed by atoms with Gasteiger partial charge in [-0.1, -0.05) is 6.42 Å². The molecule has 1 aromatic rings. The van der Waals surface area contributed by atoms with Gasteiger partial charge in [0.25, 0.3) is 0 Å². The summed E-state index contributed by atoms with van der Waals surface area (Å²) < 4.78 is 0. The highest BCUT2D eigenvalue weighted by Crippen LogP contribution is 2.44. The first-order valence-electron chi connectivity index (χ1n) is 5.79. The van der Waals surface area contributed by atoms with Gasteiger partial charge in [0.05, 0.1) is 11.2 Å². The van der Waals surface area contributed by atoms with E-state index in [2.05, 4.69) is 24.3 Å². The molecule has 1 heterocycles. The fourth-order valence-electron chi connectivity index (χ4n) is 2.51. The van der Waals surface area contributed by atoms with Crippen LogP contribution in [0.1, 0.15) is 36.3 Å². The predicted molar refractivity (Wildman–Crippen MR) is 65.4 cm³/mol. The predicted octanol–water partition coefficient (Wildman–Crippen LogP) is 2.77. The second-order valence-electron chi connectivity index (χ2n) is 4.74. The van der Waals surface area contributed by atoms with Gasteiger partial charge in [-0.05, 0) is 45.1 Å². The van der Waals surface area contributed by atoms with E-state index in [0.717, 1.165) is 0 Å². The van der Waals surface area contributed by atoms with E-state index in [1.165, 1.54) is 49.2 Å². The lowest BCUT2D eigenvalue weighted by atomic mass is 9.66. The van der Waals surface area contributed by atoms with Crippen LogP contribution in [-0.2, 0) is 6.42 Å². The smallest absolute Gasteiger partial charge is 0.0797 e. The van der Waals surface area contributed by atoms with E-state index in [0.29, 0.717) is 5.41 Å². The van der Waals surface area contributed by atoms with Crippen molar-refractivity contribution in [1.29, 1.82) is 0 Å². The summed E-state index contributed by atoms with van der Waals surface area (Å²) >= 11 is 1.81. The van der Waals surface area contributed by atoms with Crippen LogP contribution in [0.3, 0.4) is 0 Å². The van der Waals surface area contributed by atoms with E-state index < -0.39 is 0 Å². The average molecular weight is 224 g/mol. The van der Waals surface area contributed by atoms with Crippen LogP contribution in [0.2, 0.25) is 0 Å². The van der Waals surface area contributed by atoms with Gasteiger partial charge >= 0.3 is 0 Å². The van der Waals surface area contributed by atoms with Gasteiger partial charge in [0, 0.05) is 11.4 Å². The van der Waals surface area contributed by atoms with E-state index in [9.17, 15) is 0 Å². The number of hydrogen-bond acceptors (Lipinski definition) is 3. The maximum atomic E-state index is 4.31. The zero-order chi connectivity index (χ0) is 10.7. The minimum absolute atomic E-state index is 0.602. The number of rotatable bonds is 5. The Hall–Kier alpha value is -0.410. The molecular weight excluding hydrogens is 204 g/mol. The summed E-state index contributed by atoms with van der Waals surface area (Å²) in [5.41, 5.74) is 3.81. The third-order valence-corrected chi connectivity index (χ3v) is 4.69. The zero-order valence-corrected chi connectivity index (χ0v) is 10.5. The van der Waals surface area contributed by atoms with Crippen molar-refractivity contribution in [2.24, 2.45) is 5.41 Å². The van der Waals surface area contributed by atoms with E-state index in [4.69, 9.17) is 0 Å². The molecule has 0 aromatic carbocycles. The lowest BCUT2D eigenvalue weighted by Gasteiger charge is -2.42. The van der Waals surface area contributed by atoms with E-state index in [1.54, 1.807) is 0 Å². The second kappa shape index (κ2) is 4.62. The fraction of sp³-hybridized carbons (Fsp3) is 0.750. The van der Waals surface area contributed by atoms with Crippen molar-refractivity contribution in [2.75, 3.05) is 13.6 Å². The van der Waals surface area contributed by atoms with Crippen LogP contribution in [0, 0.1) is 12.3 Å². The van der Waals surface area contributed by atoms with Gasteiger partial charge < -0.3 is 5.32 Å². The van der Waals surface area contributed by atoms with Crippen LogP contribution in [-0.4, -0.2) is 18.6 Å². The van der Waals surface area contributed by atoms with Crippen LogP contribution in [0.5, 0.6) is 0 Å². The van der Waals surface area contributed by atoms with Crippen molar-refractivity contribution in [2.45, 2.75) is 39.0 Å². The number of hydrogen-bond donors (Lipinski definition) is 1. The lowest BCUT2D eigenvalue weighted by Crippen LogP contribution is -2.39. The Bertz CT molecular complexity index is 315. The molecular formula is C12H20N2S. The second-order valence-corrected chi connectivity index (χ2v) is 5.68. The molecule has 2 rings (SSSR count). The Morgan fingerprint density at radius 3 is 2.80 bits per heavy atom. The summed E-state index contributed by atoms with van der Waals surface area (Å²) in [5, 5.41) is 3.34. The van der Waals surface area contributed by atoms with Gasteiger partial charge in [-0.15, -0.1) is 11.3 Å². The zero-order valence-electron chi connectivity index (χ0n) is 9.68. The van der Waals surface area contributed by atoms with Crippen molar-refractivity contribution in [3.63, 3.8) is 0 Å². The Labute approximate surface area is 96.1 Å². The molecule has 0 aliphatic heterocycles. The molecule has 1 fully saturated rings. The Morgan fingerprint density at radius 2 is 2.33 bits per heavy atom. The topological polar surface area (TPSA) is 24.9 Å². The molecule has 1 saturated carbocycles. The van der Waals surface area contributed by atoms with Gasteiger partial charge in [-0.2, -0.15) is 0 Å². The highest BCUT2D eigenvalue weighted by Gasteiger charge is 2.35. The third-order valence-electron chi connectivity index (χ3n) is 3.69. The van der Waals surface area contributed by atoms with Crippen LogP contribution in [0.25, 0.3) is 0 Å². The standard InChI is InChI=1S/C12H20N2S/c1-10-11(15-9-14-10)4-7-12(8-13-2)5-3-6-12/h9,13H,3-8H2,1-2H3. The quantitative estimate of drug-likeness (QED) is 0.832. The summed E-state index contributed by atoms with van der Waals surface area (Å²) in [6.45, 7) is 3.31. The molecule has 1 aliphatic carbocycles. The van der Waals surface area contributed by atoms with Crippen LogP contribution in [0.4, 0.5) is 0 Å². The molecule has 0 spiro atoms. The Balaban J connectivity index is 1.89. The first kappa shape index (κ1) is 11.1. The number of nitrogens with zero attached hydrogens (tertiary/aromatic N) is 1. The van der Waals surface area contributed by atoms with E-state index in [1.807, 2.05) is 16.8 Å². The maximum Gasteiger partial charge on any atom is 0.0797 e. The minimum Gasteiger partial charge on any atom is -0.319 e. The number of aromatic nitrogens is 1.